The first-order valence-electron chi connectivity index (χ1n) is 5.65. The lowest BCUT2D eigenvalue weighted by Gasteiger charge is -2.09. The van der Waals surface area contributed by atoms with E-state index in [-0.39, 0.29) is 16.5 Å². The van der Waals surface area contributed by atoms with Gasteiger partial charge in [-0.25, -0.2) is 13.1 Å². The van der Waals surface area contributed by atoms with Crippen molar-refractivity contribution < 1.29 is 18.3 Å². The van der Waals surface area contributed by atoms with Gasteiger partial charge in [-0.1, -0.05) is 20.3 Å². The molecule has 1 heterocycles. The third-order valence-corrected chi connectivity index (χ3v) is 5.55. The molecule has 0 bridgehead atoms. The second-order valence-electron chi connectivity index (χ2n) is 4.16. The fourth-order valence-corrected chi connectivity index (χ4v) is 3.77. The van der Waals surface area contributed by atoms with Gasteiger partial charge in [0.1, 0.15) is 4.21 Å². The van der Waals surface area contributed by atoms with Gasteiger partial charge >= 0.3 is 5.97 Å². The van der Waals surface area contributed by atoms with E-state index in [0.717, 1.165) is 17.8 Å². The Labute approximate surface area is 111 Å². The highest BCUT2D eigenvalue weighted by atomic mass is 32.2. The number of carboxylic acids is 1. The van der Waals surface area contributed by atoms with Crippen LogP contribution in [0, 0.1) is 5.92 Å². The Morgan fingerprint density at radius 1 is 1.50 bits per heavy atom. The Bertz CT molecular complexity index is 507. The molecule has 0 radical (unpaired) electrons. The highest BCUT2D eigenvalue weighted by Crippen LogP contribution is 2.22. The average molecular weight is 291 g/mol. The molecule has 0 fully saturated rings. The minimum atomic E-state index is -3.50. The van der Waals surface area contributed by atoms with Crippen LogP contribution in [0.4, 0.5) is 0 Å². The fourth-order valence-electron chi connectivity index (χ4n) is 1.21. The van der Waals surface area contributed by atoms with Crippen LogP contribution in [0.5, 0.6) is 0 Å². The molecular formula is C11H17NO4S2. The van der Waals surface area contributed by atoms with Crippen molar-refractivity contribution >= 4 is 27.3 Å². The lowest BCUT2D eigenvalue weighted by Crippen LogP contribution is -2.27. The molecule has 1 atom stereocenters. The summed E-state index contributed by atoms with van der Waals surface area (Å²) < 4.78 is 26.5. The first-order valence-corrected chi connectivity index (χ1v) is 7.95. The Morgan fingerprint density at radius 2 is 2.17 bits per heavy atom. The van der Waals surface area contributed by atoms with Crippen molar-refractivity contribution in [2.75, 3.05) is 6.54 Å². The number of aliphatic carboxylic acids is 1. The van der Waals surface area contributed by atoms with E-state index >= 15 is 0 Å². The topological polar surface area (TPSA) is 83.5 Å². The molecule has 0 aromatic carbocycles. The molecule has 2 N–H and O–H groups in total. The fraction of sp³-hybridized carbons (Fsp3) is 0.545. The molecule has 1 rings (SSSR count). The monoisotopic (exact) mass is 291 g/mol. The summed E-state index contributed by atoms with van der Waals surface area (Å²) in [7, 11) is -3.50. The molecular weight excluding hydrogens is 274 g/mol. The van der Waals surface area contributed by atoms with Crippen LogP contribution < -0.4 is 4.72 Å². The largest absolute Gasteiger partial charge is 0.481 e. The van der Waals surface area contributed by atoms with Crippen LogP contribution in [0.1, 0.15) is 25.1 Å². The Hall–Kier alpha value is -0.920. The molecule has 0 saturated heterocycles. The summed E-state index contributed by atoms with van der Waals surface area (Å²) in [4.78, 5) is 11.1. The Morgan fingerprint density at radius 3 is 2.72 bits per heavy atom. The number of thiophene rings is 1. The van der Waals surface area contributed by atoms with Crippen LogP contribution in [0.2, 0.25) is 0 Å². The molecule has 7 heteroatoms. The molecule has 0 aliphatic rings. The second kappa shape index (κ2) is 6.31. The van der Waals surface area contributed by atoms with Crippen molar-refractivity contribution in [1.82, 2.24) is 4.72 Å². The molecule has 18 heavy (non-hydrogen) atoms. The predicted molar refractivity (Wildman–Crippen MR) is 70.3 cm³/mol. The average Bonchev–Trinajstić information content (AvgIpc) is 2.74. The molecule has 1 aromatic heterocycles. The smallest absolute Gasteiger partial charge is 0.308 e. The van der Waals surface area contributed by atoms with Gasteiger partial charge in [-0.15, -0.1) is 11.3 Å². The highest BCUT2D eigenvalue weighted by molar-refractivity contribution is 7.91. The van der Waals surface area contributed by atoms with Gasteiger partial charge in [-0.3, -0.25) is 4.79 Å². The van der Waals surface area contributed by atoms with Gasteiger partial charge in [0.15, 0.2) is 0 Å². The maximum atomic E-state index is 11.9. The van der Waals surface area contributed by atoms with E-state index in [0.29, 0.717) is 11.4 Å². The Balaban J connectivity index is 2.73. The number of hydrogen-bond donors (Lipinski definition) is 2. The first kappa shape index (κ1) is 15.1. The summed E-state index contributed by atoms with van der Waals surface area (Å²) in [6, 6.07) is 2.98. The van der Waals surface area contributed by atoms with E-state index in [1.165, 1.54) is 12.1 Å². The van der Waals surface area contributed by atoms with E-state index in [2.05, 4.69) is 4.72 Å². The lowest BCUT2D eigenvalue weighted by atomic mass is 10.1. The second-order valence-corrected chi connectivity index (χ2v) is 7.32. The normalized spacial score (nSPS) is 13.4. The molecule has 0 amide bonds. The summed E-state index contributed by atoms with van der Waals surface area (Å²) in [6.07, 6.45) is 0.753. The standard InChI is InChI=1S/C11H17NO4S2/c1-3-8(2)7-12-18(15,16)11-5-4-9(17-11)6-10(13)14/h4-5,8,12H,3,6-7H2,1-2H3,(H,13,14). The van der Waals surface area contributed by atoms with Gasteiger partial charge < -0.3 is 5.11 Å². The molecule has 0 saturated carbocycles. The van der Waals surface area contributed by atoms with Crippen molar-refractivity contribution in [3.05, 3.63) is 17.0 Å². The number of sulfonamides is 1. The summed E-state index contributed by atoms with van der Waals surface area (Å²) >= 11 is 0.996. The van der Waals surface area contributed by atoms with Crippen molar-refractivity contribution in [2.24, 2.45) is 5.92 Å². The van der Waals surface area contributed by atoms with Crippen LogP contribution in [0.25, 0.3) is 0 Å². The van der Waals surface area contributed by atoms with Crippen LogP contribution >= 0.6 is 11.3 Å². The molecule has 0 aliphatic heterocycles. The summed E-state index contributed by atoms with van der Waals surface area (Å²) in [5.41, 5.74) is 0. The minimum absolute atomic E-state index is 0.147. The van der Waals surface area contributed by atoms with Gasteiger partial charge in [0.25, 0.3) is 0 Å². The summed E-state index contributed by atoms with van der Waals surface area (Å²) in [5.74, 6) is -0.688. The number of carboxylic acid groups (broad SMARTS) is 1. The maximum absolute atomic E-state index is 11.9. The highest BCUT2D eigenvalue weighted by Gasteiger charge is 2.17. The van der Waals surface area contributed by atoms with E-state index in [4.69, 9.17) is 5.11 Å². The zero-order valence-electron chi connectivity index (χ0n) is 10.3. The number of nitrogens with one attached hydrogen (secondary N) is 1. The van der Waals surface area contributed by atoms with Gasteiger partial charge in [0.2, 0.25) is 10.0 Å². The number of carbonyl (C=O) groups is 1. The summed E-state index contributed by atoms with van der Waals surface area (Å²) in [5, 5.41) is 8.63. The third-order valence-electron chi connectivity index (χ3n) is 2.55. The van der Waals surface area contributed by atoms with Gasteiger partial charge in [0.05, 0.1) is 6.42 Å². The van der Waals surface area contributed by atoms with Gasteiger partial charge in [-0.2, -0.15) is 0 Å². The van der Waals surface area contributed by atoms with Crippen molar-refractivity contribution in [3.8, 4) is 0 Å². The van der Waals surface area contributed by atoms with Crippen molar-refractivity contribution in [2.45, 2.75) is 30.9 Å². The molecule has 0 spiro atoms. The van der Waals surface area contributed by atoms with Crippen LogP contribution in [-0.2, 0) is 21.2 Å². The molecule has 1 unspecified atom stereocenters. The number of hydrogen-bond acceptors (Lipinski definition) is 4. The number of rotatable bonds is 7. The SMILES string of the molecule is CCC(C)CNS(=O)(=O)c1ccc(CC(=O)O)s1. The van der Waals surface area contributed by atoms with Gasteiger partial charge in [-0.05, 0) is 18.1 Å². The quantitative estimate of drug-likeness (QED) is 0.801. The minimum Gasteiger partial charge on any atom is -0.481 e. The van der Waals surface area contributed by atoms with E-state index in [9.17, 15) is 13.2 Å². The van der Waals surface area contributed by atoms with Crippen LogP contribution in [-0.4, -0.2) is 26.0 Å². The Kier molecular flexibility index (Phi) is 5.30. The van der Waals surface area contributed by atoms with E-state index in [1.807, 2.05) is 13.8 Å². The van der Waals surface area contributed by atoms with E-state index < -0.39 is 16.0 Å². The first-order chi connectivity index (χ1) is 8.35. The predicted octanol–water partition coefficient (Wildman–Crippen LogP) is 1.70. The van der Waals surface area contributed by atoms with Crippen molar-refractivity contribution in [3.63, 3.8) is 0 Å². The molecule has 1 aromatic rings. The molecule has 5 nitrogen and oxygen atoms in total. The maximum Gasteiger partial charge on any atom is 0.308 e. The van der Waals surface area contributed by atoms with Crippen LogP contribution in [0.15, 0.2) is 16.3 Å². The van der Waals surface area contributed by atoms with Crippen molar-refractivity contribution in [1.29, 1.82) is 0 Å². The lowest BCUT2D eigenvalue weighted by molar-refractivity contribution is -0.136. The third kappa shape index (κ3) is 4.40. The van der Waals surface area contributed by atoms with E-state index in [1.54, 1.807) is 0 Å². The van der Waals surface area contributed by atoms with Crippen LogP contribution in [0.3, 0.4) is 0 Å². The zero-order chi connectivity index (χ0) is 13.8. The van der Waals surface area contributed by atoms with Gasteiger partial charge in [0, 0.05) is 11.4 Å². The zero-order valence-corrected chi connectivity index (χ0v) is 12.0. The summed E-state index contributed by atoms with van der Waals surface area (Å²) in [6.45, 7) is 4.35. The molecule has 0 aliphatic carbocycles. The molecule has 102 valence electrons.